The number of nitrogens with one attached hydrogen (secondary N) is 1. The molecule has 0 amide bonds. The molecule has 0 aliphatic heterocycles. The molecule has 0 radical (unpaired) electrons. The van der Waals surface area contributed by atoms with Gasteiger partial charge in [-0.25, -0.2) is 9.97 Å². The minimum atomic E-state index is 0.341. The molecule has 0 aliphatic carbocycles. The maximum absolute atomic E-state index is 6.06. The van der Waals surface area contributed by atoms with E-state index in [1.165, 1.54) is 0 Å². The van der Waals surface area contributed by atoms with Crippen molar-refractivity contribution in [1.82, 2.24) is 20.1 Å². The van der Waals surface area contributed by atoms with E-state index in [-0.39, 0.29) is 0 Å². The van der Waals surface area contributed by atoms with Crippen molar-refractivity contribution in [3.63, 3.8) is 0 Å². The lowest BCUT2D eigenvalue weighted by atomic mass is 10.2. The maximum atomic E-state index is 6.06. The summed E-state index contributed by atoms with van der Waals surface area (Å²) in [6, 6.07) is 17.0. The highest BCUT2D eigenvalue weighted by Crippen LogP contribution is 2.29. The van der Waals surface area contributed by atoms with E-state index in [0.29, 0.717) is 33.9 Å². The fourth-order valence-electron chi connectivity index (χ4n) is 2.46. The molecule has 4 rings (SSSR count). The van der Waals surface area contributed by atoms with E-state index < -0.39 is 0 Å². The number of anilines is 2. The molecule has 2 aromatic carbocycles. The second kappa shape index (κ2) is 6.93. The van der Waals surface area contributed by atoms with Gasteiger partial charge in [0, 0.05) is 22.5 Å². The van der Waals surface area contributed by atoms with Crippen molar-refractivity contribution < 1.29 is 4.52 Å². The summed E-state index contributed by atoms with van der Waals surface area (Å²) in [5.41, 5.74) is 2.30. The SMILES string of the molecule is Cc1ncc(-c2nc(-c3ccccc3)no2)c(Nc2cccc(Cl)c2)n1. The van der Waals surface area contributed by atoms with Crippen molar-refractivity contribution in [3.8, 4) is 22.8 Å². The molecule has 0 spiro atoms. The van der Waals surface area contributed by atoms with Crippen molar-refractivity contribution in [1.29, 1.82) is 0 Å². The largest absolute Gasteiger partial charge is 0.339 e. The molecule has 1 N–H and O–H groups in total. The third-order valence-electron chi connectivity index (χ3n) is 3.68. The minimum absolute atomic E-state index is 0.341. The molecule has 0 fully saturated rings. The summed E-state index contributed by atoms with van der Waals surface area (Å²) >= 11 is 6.06. The highest BCUT2D eigenvalue weighted by atomic mass is 35.5. The van der Waals surface area contributed by atoms with Crippen molar-refractivity contribution in [2.75, 3.05) is 5.32 Å². The van der Waals surface area contributed by atoms with Crippen LogP contribution in [0.5, 0.6) is 0 Å². The Bertz CT molecular complexity index is 1050. The van der Waals surface area contributed by atoms with Gasteiger partial charge in [0.1, 0.15) is 17.2 Å². The Balaban J connectivity index is 1.72. The molecule has 2 aromatic heterocycles. The third kappa shape index (κ3) is 3.41. The Hall–Kier alpha value is -3.25. The first-order valence-corrected chi connectivity index (χ1v) is 8.32. The highest BCUT2D eigenvalue weighted by Gasteiger charge is 2.16. The van der Waals surface area contributed by atoms with Crippen LogP contribution in [0.3, 0.4) is 0 Å². The Kier molecular flexibility index (Phi) is 4.33. The zero-order valence-corrected chi connectivity index (χ0v) is 14.6. The van der Waals surface area contributed by atoms with Gasteiger partial charge in [-0.05, 0) is 25.1 Å². The molecule has 2 heterocycles. The number of hydrogen-bond acceptors (Lipinski definition) is 6. The average Bonchev–Trinajstić information content (AvgIpc) is 3.12. The molecule has 0 saturated carbocycles. The van der Waals surface area contributed by atoms with Gasteiger partial charge in [-0.15, -0.1) is 0 Å². The average molecular weight is 364 g/mol. The summed E-state index contributed by atoms with van der Waals surface area (Å²) in [6.07, 6.45) is 1.66. The molecule has 0 bridgehead atoms. The monoisotopic (exact) mass is 363 g/mol. The smallest absolute Gasteiger partial charge is 0.263 e. The number of aryl methyl sites for hydroxylation is 1. The Morgan fingerprint density at radius 3 is 2.65 bits per heavy atom. The van der Waals surface area contributed by atoms with Crippen LogP contribution in [-0.2, 0) is 0 Å². The standard InChI is InChI=1S/C19H14ClN5O/c1-12-21-11-16(18(22-12)23-15-9-5-8-14(20)10-15)19-24-17(25-26-19)13-6-3-2-4-7-13/h2-11H,1H3,(H,21,22,23). The molecule has 26 heavy (non-hydrogen) atoms. The van der Waals surface area contributed by atoms with Gasteiger partial charge in [-0.3, -0.25) is 0 Å². The van der Waals surface area contributed by atoms with Crippen LogP contribution >= 0.6 is 11.6 Å². The first kappa shape index (κ1) is 16.2. The van der Waals surface area contributed by atoms with E-state index in [1.54, 1.807) is 6.20 Å². The van der Waals surface area contributed by atoms with Crippen LogP contribution < -0.4 is 5.32 Å². The van der Waals surface area contributed by atoms with Crippen LogP contribution in [0.1, 0.15) is 5.82 Å². The molecular weight excluding hydrogens is 350 g/mol. The van der Waals surface area contributed by atoms with Gasteiger partial charge in [0.2, 0.25) is 5.82 Å². The van der Waals surface area contributed by atoms with Gasteiger partial charge < -0.3 is 9.84 Å². The molecular formula is C19H14ClN5O. The lowest BCUT2D eigenvalue weighted by Crippen LogP contribution is -2.00. The first-order chi connectivity index (χ1) is 12.7. The molecule has 7 heteroatoms. The number of hydrogen-bond donors (Lipinski definition) is 1. The molecule has 0 unspecified atom stereocenters. The predicted octanol–water partition coefficient (Wildman–Crippen LogP) is 4.90. The van der Waals surface area contributed by atoms with Gasteiger partial charge in [0.15, 0.2) is 0 Å². The number of aromatic nitrogens is 4. The lowest BCUT2D eigenvalue weighted by molar-refractivity contribution is 0.432. The fourth-order valence-corrected chi connectivity index (χ4v) is 2.65. The van der Waals surface area contributed by atoms with E-state index in [2.05, 4.69) is 25.4 Å². The maximum Gasteiger partial charge on any atom is 0.263 e. The van der Waals surface area contributed by atoms with Crippen molar-refractivity contribution in [3.05, 3.63) is 71.6 Å². The van der Waals surface area contributed by atoms with Crippen molar-refractivity contribution in [2.24, 2.45) is 0 Å². The third-order valence-corrected chi connectivity index (χ3v) is 3.92. The topological polar surface area (TPSA) is 76.7 Å². The summed E-state index contributed by atoms with van der Waals surface area (Å²) in [6.45, 7) is 1.82. The summed E-state index contributed by atoms with van der Waals surface area (Å²) in [5.74, 6) is 2.05. The summed E-state index contributed by atoms with van der Waals surface area (Å²) in [4.78, 5) is 13.2. The zero-order valence-electron chi connectivity index (χ0n) is 13.8. The van der Waals surface area contributed by atoms with Gasteiger partial charge in [-0.1, -0.05) is 53.2 Å². The van der Waals surface area contributed by atoms with E-state index >= 15 is 0 Å². The van der Waals surface area contributed by atoms with Crippen LogP contribution in [-0.4, -0.2) is 20.1 Å². The summed E-state index contributed by atoms with van der Waals surface area (Å²) < 4.78 is 5.44. The van der Waals surface area contributed by atoms with Gasteiger partial charge in [-0.2, -0.15) is 4.98 Å². The number of benzene rings is 2. The van der Waals surface area contributed by atoms with Crippen LogP contribution in [0.25, 0.3) is 22.8 Å². The van der Waals surface area contributed by atoms with E-state index in [4.69, 9.17) is 16.1 Å². The Morgan fingerprint density at radius 1 is 1.00 bits per heavy atom. The van der Waals surface area contributed by atoms with Gasteiger partial charge in [0.05, 0.1) is 0 Å². The summed E-state index contributed by atoms with van der Waals surface area (Å²) in [5, 5.41) is 7.93. The van der Waals surface area contributed by atoms with Crippen molar-refractivity contribution in [2.45, 2.75) is 6.92 Å². The lowest BCUT2D eigenvalue weighted by Gasteiger charge is -2.09. The van der Waals surface area contributed by atoms with Gasteiger partial charge in [0.25, 0.3) is 5.89 Å². The second-order valence-electron chi connectivity index (χ2n) is 5.60. The number of nitrogens with zero attached hydrogens (tertiary/aromatic N) is 4. The van der Waals surface area contributed by atoms with Gasteiger partial charge >= 0.3 is 0 Å². The molecule has 0 atom stereocenters. The zero-order chi connectivity index (χ0) is 17.9. The Labute approximate surface area is 154 Å². The fraction of sp³-hybridized carbons (Fsp3) is 0.0526. The summed E-state index contributed by atoms with van der Waals surface area (Å²) in [7, 11) is 0. The molecule has 6 nitrogen and oxygen atoms in total. The quantitative estimate of drug-likeness (QED) is 0.555. The van der Waals surface area contributed by atoms with Crippen LogP contribution in [0.4, 0.5) is 11.5 Å². The molecule has 128 valence electrons. The Morgan fingerprint density at radius 2 is 1.85 bits per heavy atom. The highest BCUT2D eigenvalue weighted by molar-refractivity contribution is 6.30. The normalized spacial score (nSPS) is 10.7. The molecule has 0 aliphatic rings. The predicted molar refractivity (Wildman–Crippen MR) is 100 cm³/mol. The van der Waals surface area contributed by atoms with Crippen LogP contribution in [0.2, 0.25) is 5.02 Å². The van der Waals surface area contributed by atoms with E-state index in [0.717, 1.165) is 11.3 Å². The number of halogens is 1. The first-order valence-electron chi connectivity index (χ1n) is 7.95. The van der Waals surface area contributed by atoms with E-state index in [1.807, 2.05) is 61.5 Å². The molecule has 0 saturated heterocycles. The van der Waals surface area contributed by atoms with Crippen LogP contribution in [0, 0.1) is 6.92 Å². The molecule has 4 aromatic rings. The van der Waals surface area contributed by atoms with Crippen LogP contribution in [0.15, 0.2) is 65.3 Å². The number of rotatable bonds is 4. The minimum Gasteiger partial charge on any atom is -0.339 e. The van der Waals surface area contributed by atoms with Crippen molar-refractivity contribution >= 4 is 23.1 Å². The second-order valence-corrected chi connectivity index (χ2v) is 6.04. The van der Waals surface area contributed by atoms with E-state index in [9.17, 15) is 0 Å².